The molecule has 1 amide bonds. The normalized spacial score (nSPS) is 13.1. The van der Waals surface area contributed by atoms with E-state index in [1.165, 1.54) is 6.08 Å². The minimum Gasteiger partial charge on any atom is -0.493 e. The Morgan fingerprint density at radius 2 is 2.25 bits per heavy atom. The summed E-state index contributed by atoms with van der Waals surface area (Å²) in [7, 11) is 1.57. The molecule has 0 aliphatic carbocycles. The van der Waals surface area contributed by atoms with Crippen LogP contribution in [0.15, 0.2) is 30.9 Å². The Morgan fingerprint density at radius 3 is 3.00 bits per heavy atom. The number of carbonyl (C=O) groups excluding carboxylic acids is 1. The number of methoxy groups -OCH3 is 1. The lowest BCUT2D eigenvalue weighted by molar-refractivity contribution is -0.116. The van der Waals surface area contributed by atoms with Gasteiger partial charge in [-0.15, -0.1) is 6.58 Å². The van der Waals surface area contributed by atoms with Gasteiger partial charge in [-0.05, 0) is 23.8 Å². The van der Waals surface area contributed by atoms with E-state index in [1.807, 2.05) is 6.07 Å². The molecule has 0 radical (unpaired) electrons. The molecule has 0 saturated heterocycles. The van der Waals surface area contributed by atoms with E-state index in [4.69, 9.17) is 14.2 Å². The van der Waals surface area contributed by atoms with Crippen molar-refractivity contribution in [2.75, 3.05) is 26.9 Å². The predicted octanol–water partition coefficient (Wildman–Crippen LogP) is 1.78. The maximum atomic E-state index is 11.5. The molecule has 5 heteroatoms. The molecule has 1 heterocycles. The van der Waals surface area contributed by atoms with Crippen LogP contribution in [0.5, 0.6) is 17.2 Å². The van der Waals surface area contributed by atoms with Gasteiger partial charge in [0.25, 0.3) is 0 Å². The third kappa shape index (κ3) is 3.32. The molecule has 0 bridgehead atoms. The molecule has 5 nitrogen and oxygen atoms in total. The number of carbonyl (C=O) groups is 1. The molecule has 20 heavy (non-hydrogen) atoms. The highest BCUT2D eigenvalue weighted by molar-refractivity contribution is 5.92. The minimum atomic E-state index is -0.182. The number of ether oxygens (including phenoxy) is 3. The minimum absolute atomic E-state index is 0.182. The second-order valence-corrected chi connectivity index (χ2v) is 4.11. The lowest BCUT2D eigenvalue weighted by Crippen LogP contribution is -2.20. The van der Waals surface area contributed by atoms with Crippen LogP contribution < -0.4 is 19.5 Å². The van der Waals surface area contributed by atoms with Crippen molar-refractivity contribution in [3.05, 3.63) is 36.4 Å². The molecule has 1 aliphatic rings. The summed E-state index contributed by atoms with van der Waals surface area (Å²) in [5.41, 5.74) is 0.805. The summed E-state index contributed by atoms with van der Waals surface area (Å²) >= 11 is 0. The second kappa shape index (κ2) is 6.65. The van der Waals surface area contributed by atoms with Gasteiger partial charge in [0.1, 0.15) is 13.2 Å². The number of benzene rings is 1. The molecule has 2 rings (SSSR count). The number of hydrogen-bond donors (Lipinski definition) is 1. The topological polar surface area (TPSA) is 56.8 Å². The van der Waals surface area contributed by atoms with E-state index < -0.39 is 0 Å². The van der Waals surface area contributed by atoms with Crippen LogP contribution in [0.25, 0.3) is 6.08 Å². The largest absolute Gasteiger partial charge is 0.493 e. The van der Waals surface area contributed by atoms with E-state index in [2.05, 4.69) is 11.9 Å². The van der Waals surface area contributed by atoms with Crippen LogP contribution in [0.3, 0.4) is 0 Å². The Kier molecular flexibility index (Phi) is 4.65. The molecule has 1 aromatic carbocycles. The van der Waals surface area contributed by atoms with Crippen LogP contribution in [-0.2, 0) is 4.79 Å². The number of nitrogens with one attached hydrogen (secondary N) is 1. The monoisotopic (exact) mass is 275 g/mol. The first-order valence-corrected chi connectivity index (χ1v) is 6.29. The van der Waals surface area contributed by atoms with Crippen molar-refractivity contribution in [1.29, 1.82) is 0 Å². The predicted molar refractivity (Wildman–Crippen MR) is 76.2 cm³/mol. The molecule has 0 fully saturated rings. The van der Waals surface area contributed by atoms with Gasteiger partial charge in [-0.25, -0.2) is 0 Å². The Bertz CT molecular complexity index is 520. The summed E-state index contributed by atoms with van der Waals surface area (Å²) in [4.78, 5) is 11.5. The van der Waals surface area contributed by atoms with Gasteiger partial charge in [0.05, 0.1) is 7.11 Å². The summed E-state index contributed by atoms with van der Waals surface area (Å²) in [5.74, 6) is 1.64. The quantitative estimate of drug-likeness (QED) is 0.657. The fourth-order valence-electron chi connectivity index (χ4n) is 1.79. The van der Waals surface area contributed by atoms with E-state index in [-0.39, 0.29) is 5.91 Å². The van der Waals surface area contributed by atoms with Gasteiger partial charge in [-0.3, -0.25) is 4.79 Å². The average Bonchev–Trinajstić information content (AvgIpc) is 2.49. The van der Waals surface area contributed by atoms with E-state index in [1.54, 1.807) is 25.3 Å². The second-order valence-electron chi connectivity index (χ2n) is 4.11. The highest BCUT2D eigenvalue weighted by atomic mass is 16.6. The Morgan fingerprint density at radius 1 is 1.45 bits per heavy atom. The van der Waals surface area contributed by atoms with Crippen LogP contribution >= 0.6 is 0 Å². The molecule has 0 unspecified atom stereocenters. The van der Waals surface area contributed by atoms with Crippen LogP contribution in [0.1, 0.15) is 5.56 Å². The molecule has 1 aromatic rings. The summed E-state index contributed by atoms with van der Waals surface area (Å²) < 4.78 is 16.3. The van der Waals surface area contributed by atoms with Gasteiger partial charge in [0.2, 0.25) is 11.7 Å². The lowest BCUT2D eigenvalue weighted by Gasteiger charge is -2.20. The summed E-state index contributed by atoms with van der Waals surface area (Å²) in [6.07, 6.45) is 4.77. The van der Waals surface area contributed by atoms with Crippen LogP contribution in [-0.4, -0.2) is 32.8 Å². The first-order chi connectivity index (χ1) is 9.74. The smallest absolute Gasteiger partial charge is 0.244 e. The fraction of sp³-hybridized carbons (Fsp3) is 0.267. The zero-order valence-corrected chi connectivity index (χ0v) is 11.3. The van der Waals surface area contributed by atoms with Crippen LogP contribution in [0.2, 0.25) is 0 Å². The summed E-state index contributed by atoms with van der Waals surface area (Å²) in [6.45, 7) is 4.98. The zero-order valence-electron chi connectivity index (χ0n) is 11.3. The van der Waals surface area contributed by atoms with Crippen molar-refractivity contribution < 1.29 is 19.0 Å². The maximum absolute atomic E-state index is 11.5. The SMILES string of the molecule is C=CCNC(=O)C=Cc1cc(OC)c2c(c1)OCCO2. The molecular formula is C15H17NO4. The summed E-state index contributed by atoms with van der Waals surface area (Å²) in [6, 6.07) is 3.61. The van der Waals surface area contributed by atoms with Crippen molar-refractivity contribution in [1.82, 2.24) is 5.32 Å². The van der Waals surface area contributed by atoms with Crippen molar-refractivity contribution in [3.63, 3.8) is 0 Å². The molecule has 0 saturated carbocycles. The highest BCUT2D eigenvalue weighted by Gasteiger charge is 2.17. The van der Waals surface area contributed by atoms with Gasteiger partial charge in [0, 0.05) is 12.6 Å². The van der Waals surface area contributed by atoms with Gasteiger partial charge in [0.15, 0.2) is 11.5 Å². The van der Waals surface area contributed by atoms with Crippen LogP contribution in [0.4, 0.5) is 0 Å². The fourth-order valence-corrected chi connectivity index (χ4v) is 1.79. The molecule has 0 spiro atoms. The molecular weight excluding hydrogens is 258 g/mol. The first-order valence-electron chi connectivity index (χ1n) is 6.29. The Balaban J connectivity index is 2.18. The van der Waals surface area contributed by atoms with Crippen LogP contribution in [0, 0.1) is 0 Å². The zero-order chi connectivity index (χ0) is 14.4. The Labute approximate surface area is 117 Å². The van der Waals surface area contributed by atoms with E-state index >= 15 is 0 Å². The molecule has 1 aliphatic heterocycles. The standard InChI is InChI=1S/C15H17NO4/c1-3-6-16-14(17)5-4-11-9-12(18-2)15-13(10-11)19-7-8-20-15/h3-5,9-10H,1,6-8H2,2H3,(H,16,17). The molecule has 106 valence electrons. The number of hydrogen-bond acceptors (Lipinski definition) is 4. The van der Waals surface area contributed by atoms with Gasteiger partial charge in [-0.1, -0.05) is 6.08 Å². The van der Waals surface area contributed by atoms with Gasteiger partial charge in [-0.2, -0.15) is 0 Å². The highest BCUT2D eigenvalue weighted by Crippen LogP contribution is 2.40. The number of amides is 1. The summed E-state index contributed by atoms with van der Waals surface area (Å²) in [5, 5.41) is 2.66. The third-order valence-electron chi connectivity index (χ3n) is 2.70. The maximum Gasteiger partial charge on any atom is 0.244 e. The van der Waals surface area contributed by atoms with Crippen molar-refractivity contribution in [2.24, 2.45) is 0 Å². The van der Waals surface area contributed by atoms with Crippen molar-refractivity contribution in [3.8, 4) is 17.2 Å². The van der Waals surface area contributed by atoms with E-state index in [0.29, 0.717) is 37.0 Å². The molecule has 0 aromatic heterocycles. The molecule has 1 N–H and O–H groups in total. The molecule has 0 atom stereocenters. The average molecular weight is 275 g/mol. The van der Waals surface area contributed by atoms with Crippen molar-refractivity contribution in [2.45, 2.75) is 0 Å². The third-order valence-corrected chi connectivity index (χ3v) is 2.70. The van der Waals surface area contributed by atoms with Gasteiger partial charge < -0.3 is 19.5 Å². The Hall–Kier alpha value is -2.43. The van der Waals surface area contributed by atoms with Crippen molar-refractivity contribution >= 4 is 12.0 Å². The lowest BCUT2D eigenvalue weighted by atomic mass is 10.1. The van der Waals surface area contributed by atoms with Gasteiger partial charge >= 0.3 is 0 Å². The van der Waals surface area contributed by atoms with E-state index in [9.17, 15) is 4.79 Å². The number of rotatable bonds is 5. The first kappa shape index (κ1) is 14.0. The van der Waals surface area contributed by atoms with E-state index in [0.717, 1.165) is 5.56 Å². The number of fused-ring (bicyclic) bond motifs is 1.